The molecular weight excluding hydrogens is 375 g/mol. The molecule has 0 bridgehead atoms. The van der Waals surface area contributed by atoms with Crippen molar-refractivity contribution >= 4 is 11.8 Å². The molecule has 1 aliphatic carbocycles. The molecule has 8 heteroatoms. The van der Waals surface area contributed by atoms with Gasteiger partial charge in [0.25, 0.3) is 0 Å². The van der Waals surface area contributed by atoms with Crippen LogP contribution in [0, 0.1) is 5.92 Å². The SMILES string of the molecule is O=c1nccc(SCCCN2C[C@@H]3C[C@]3(c3ccc(C(F)(F)F)cc3)C2)[nH]1. The lowest BCUT2D eigenvalue weighted by atomic mass is 9.94. The van der Waals surface area contributed by atoms with Crippen LogP contribution >= 0.6 is 11.8 Å². The van der Waals surface area contributed by atoms with Crippen molar-refractivity contribution in [2.75, 3.05) is 25.4 Å². The minimum atomic E-state index is -4.28. The third-order valence-electron chi connectivity index (χ3n) is 5.53. The molecular formula is C19H20F3N3OS. The summed E-state index contributed by atoms with van der Waals surface area (Å²) >= 11 is 1.60. The van der Waals surface area contributed by atoms with E-state index in [9.17, 15) is 18.0 Å². The van der Waals surface area contributed by atoms with E-state index in [-0.39, 0.29) is 11.1 Å². The number of likely N-dealkylation sites (tertiary alicyclic amines) is 1. The molecule has 144 valence electrons. The van der Waals surface area contributed by atoms with Gasteiger partial charge in [-0.25, -0.2) is 9.78 Å². The number of rotatable bonds is 6. The number of nitrogens with one attached hydrogen (secondary N) is 1. The highest BCUT2D eigenvalue weighted by molar-refractivity contribution is 7.99. The molecule has 2 heterocycles. The normalized spacial score (nSPS) is 24.8. The average molecular weight is 395 g/mol. The van der Waals surface area contributed by atoms with E-state index in [1.165, 1.54) is 18.3 Å². The fourth-order valence-electron chi connectivity index (χ4n) is 4.10. The van der Waals surface area contributed by atoms with E-state index in [1.54, 1.807) is 30.0 Å². The molecule has 1 aromatic carbocycles. The van der Waals surface area contributed by atoms with E-state index >= 15 is 0 Å². The number of aromatic nitrogens is 2. The smallest absolute Gasteiger partial charge is 0.302 e. The number of hydrogen-bond acceptors (Lipinski definition) is 4. The summed E-state index contributed by atoms with van der Waals surface area (Å²) in [7, 11) is 0. The van der Waals surface area contributed by atoms with Crippen molar-refractivity contribution in [2.45, 2.75) is 29.5 Å². The Labute approximate surface area is 159 Å². The topological polar surface area (TPSA) is 49.0 Å². The van der Waals surface area contributed by atoms with Gasteiger partial charge in [-0.15, -0.1) is 11.8 Å². The summed E-state index contributed by atoms with van der Waals surface area (Å²) in [5.74, 6) is 1.45. The predicted octanol–water partition coefficient (Wildman–Crippen LogP) is 3.54. The Hall–Kier alpha value is -1.80. The number of H-pyrrole nitrogens is 1. The van der Waals surface area contributed by atoms with E-state index in [4.69, 9.17) is 0 Å². The highest BCUT2D eigenvalue weighted by Crippen LogP contribution is 2.59. The number of thioether (sulfide) groups is 1. The first-order chi connectivity index (χ1) is 12.9. The second kappa shape index (κ2) is 6.98. The van der Waals surface area contributed by atoms with Gasteiger partial charge in [-0.1, -0.05) is 12.1 Å². The Balaban J connectivity index is 1.28. The number of alkyl halides is 3. The van der Waals surface area contributed by atoms with Gasteiger partial charge in [0.2, 0.25) is 0 Å². The van der Waals surface area contributed by atoms with Crippen LogP contribution in [0.3, 0.4) is 0 Å². The van der Waals surface area contributed by atoms with Gasteiger partial charge >= 0.3 is 11.9 Å². The quantitative estimate of drug-likeness (QED) is 0.462. The van der Waals surface area contributed by atoms with Crippen LogP contribution < -0.4 is 5.69 Å². The zero-order valence-electron chi connectivity index (χ0n) is 14.6. The van der Waals surface area contributed by atoms with Crippen molar-refractivity contribution in [2.24, 2.45) is 5.92 Å². The Morgan fingerprint density at radius 1 is 1.26 bits per heavy atom. The molecule has 0 amide bonds. The molecule has 2 fully saturated rings. The van der Waals surface area contributed by atoms with E-state index in [0.29, 0.717) is 5.92 Å². The number of aromatic amines is 1. The maximum absolute atomic E-state index is 12.7. The standard InChI is InChI=1S/C19H20F3N3OS/c20-19(21,22)14-4-2-13(3-5-14)18-10-15(18)11-25(12-18)8-1-9-27-16-6-7-23-17(26)24-16/h2-7,15H,1,8-12H2,(H,23,24,26)/t15-,18+/m0/s1. The lowest BCUT2D eigenvalue weighted by Gasteiger charge is -2.21. The zero-order valence-corrected chi connectivity index (χ0v) is 15.4. The minimum absolute atomic E-state index is 0.0492. The number of benzene rings is 1. The van der Waals surface area contributed by atoms with Crippen LogP contribution in [0.2, 0.25) is 0 Å². The molecule has 1 aliphatic heterocycles. The van der Waals surface area contributed by atoms with E-state index in [1.807, 2.05) is 0 Å². The largest absolute Gasteiger partial charge is 0.416 e. The summed E-state index contributed by atoms with van der Waals surface area (Å²) in [5.41, 5.74) is 0.166. The van der Waals surface area contributed by atoms with Crippen molar-refractivity contribution in [3.8, 4) is 0 Å². The van der Waals surface area contributed by atoms with Crippen molar-refractivity contribution in [3.05, 3.63) is 58.1 Å². The second-order valence-corrected chi connectivity index (χ2v) is 8.45. The minimum Gasteiger partial charge on any atom is -0.302 e. The van der Waals surface area contributed by atoms with Gasteiger partial charge in [0, 0.05) is 30.5 Å². The first kappa shape index (κ1) is 18.6. The maximum atomic E-state index is 12.7. The van der Waals surface area contributed by atoms with Crippen LogP contribution in [-0.4, -0.2) is 40.3 Å². The van der Waals surface area contributed by atoms with E-state index in [2.05, 4.69) is 14.9 Å². The highest BCUT2D eigenvalue weighted by Gasteiger charge is 2.60. The summed E-state index contributed by atoms with van der Waals surface area (Å²) in [6.07, 6.45) is -0.715. The first-order valence-electron chi connectivity index (χ1n) is 8.95. The first-order valence-corrected chi connectivity index (χ1v) is 9.94. The number of halogens is 3. The third-order valence-corrected chi connectivity index (χ3v) is 6.57. The summed E-state index contributed by atoms with van der Waals surface area (Å²) in [5, 5.41) is 0.820. The lowest BCUT2D eigenvalue weighted by molar-refractivity contribution is -0.137. The Bertz CT molecular complexity index is 867. The van der Waals surface area contributed by atoms with E-state index in [0.717, 1.165) is 48.8 Å². The molecule has 0 radical (unpaired) electrons. The van der Waals surface area contributed by atoms with Crippen molar-refractivity contribution < 1.29 is 13.2 Å². The Kier molecular flexibility index (Phi) is 4.80. The molecule has 4 nitrogen and oxygen atoms in total. The number of nitrogens with zero attached hydrogens (tertiary/aromatic N) is 2. The van der Waals surface area contributed by atoms with Gasteiger partial charge in [-0.2, -0.15) is 13.2 Å². The van der Waals surface area contributed by atoms with Gasteiger partial charge in [0.05, 0.1) is 10.6 Å². The Morgan fingerprint density at radius 2 is 2.04 bits per heavy atom. The molecule has 1 saturated carbocycles. The molecule has 2 aliphatic rings. The van der Waals surface area contributed by atoms with Crippen LogP contribution in [-0.2, 0) is 11.6 Å². The molecule has 2 aromatic rings. The summed E-state index contributed by atoms with van der Waals surface area (Å²) < 4.78 is 38.2. The molecule has 4 rings (SSSR count). The summed E-state index contributed by atoms with van der Waals surface area (Å²) in [6.45, 7) is 2.89. The van der Waals surface area contributed by atoms with Gasteiger partial charge in [-0.05, 0) is 49.1 Å². The fourth-order valence-corrected chi connectivity index (χ4v) is 4.91. The fraction of sp³-hybridized carbons (Fsp3) is 0.474. The highest BCUT2D eigenvalue weighted by atomic mass is 32.2. The van der Waals surface area contributed by atoms with E-state index < -0.39 is 11.7 Å². The number of piperidine rings is 1. The van der Waals surface area contributed by atoms with Gasteiger partial charge in [0.1, 0.15) is 0 Å². The molecule has 0 spiro atoms. The van der Waals surface area contributed by atoms with Crippen LogP contribution in [0.4, 0.5) is 13.2 Å². The van der Waals surface area contributed by atoms with Crippen molar-refractivity contribution in [3.63, 3.8) is 0 Å². The molecule has 1 saturated heterocycles. The maximum Gasteiger partial charge on any atom is 0.416 e. The van der Waals surface area contributed by atoms with Gasteiger partial charge in [0.15, 0.2) is 0 Å². The molecule has 0 unspecified atom stereocenters. The van der Waals surface area contributed by atoms with Gasteiger partial charge in [-0.3, -0.25) is 0 Å². The molecule has 2 atom stereocenters. The predicted molar refractivity (Wildman–Crippen MR) is 97.9 cm³/mol. The molecule has 1 aromatic heterocycles. The lowest BCUT2D eigenvalue weighted by Crippen LogP contribution is -2.28. The Morgan fingerprint density at radius 3 is 2.74 bits per heavy atom. The summed E-state index contributed by atoms with van der Waals surface area (Å²) in [6, 6.07) is 7.50. The number of hydrogen-bond donors (Lipinski definition) is 1. The third kappa shape index (κ3) is 3.91. The average Bonchev–Trinajstić information content (AvgIpc) is 3.20. The monoisotopic (exact) mass is 395 g/mol. The second-order valence-electron chi connectivity index (χ2n) is 7.31. The van der Waals surface area contributed by atoms with Crippen molar-refractivity contribution in [1.82, 2.24) is 14.9 Å². The zero-order chi connectivity index (χ0) is 19.1. The number of fused-ring (bicyclic) bond motifs is 1. The molecule has 27 heavy (non-hydrogen) atoms. The van der Waals surface area contributed by atoms with Gasteiger partial charge < -0.3 is 9.88 Å². The molecule has 1 N–H and O–H groups in total. The van der Waals surface area contributed by atoms with Crippen LogP contribution in [0.5, 0.6) is 0 Å². The van der Waals surface area contributed by atoms with Crippen molar-refractivity contribution in [1.29, 1.82) is 0 Å². The van der Waals surface area contributed by atoms with Crippen LogP contribution in [0.1, 0.15) is 24.0 Å². The summed E-state index contributed by atoms with van der Waals surface area (Å²) in [4.78, 5) is 19.9. The van der Waals surface area contributed by atoms with Crippen LogP contribution in [0.25, 0.3) is 0 Å². The van der Waals surface area contributed by atoms with Crippen LogP contribution in [0.15, 0.2) is 46.3 Å².